The van der Waals surface area contributed by atoms with Crippen LogP contribution in [-0.4, -0.2) is 22.8 Å². The molecule has 0 radical (unpaired) electrons. The quantitative estimate of drug-likeness (QED) is 0.823. The molecule has 16 heavy (non-hydrogen) atoms. The number of carbonyl (C=O) groups excluding carboxylic acids is 1. The molecule has 88 valence electrons. The summed E-state index contributed by atoms with van der Waals surface area (Å²) in [5, 5.41) is 19.3. The van der Waals surface area contributed by atoms with Gasteiger partial charge in [-0.05, 0) is 13.0 Å². The number of aromatic hydroxyl groups is 1. The average Bonchev–Trinajstić information content (AvgIpc) is 2.23. The van der Waals surface area contributed by atoms with Gasteiger partial charge in [0, 0.05) is 11.6 Å². The number of phenolic OH excluding ortho intramolecular Hbond substituents is 1. The number of hydrogen-bond donors (Lipinski definition) is 2. The fourth-order valence-corrected chi connectivity index (χ4v) is 1.45. The van der Waals surface area contributed by atoms with Crippen LogP contribution in [0.15, 0.2) is 12.1 Å². The van der Waals surface area contributed by atoms with Crippen LogP contribution in [0.2, 0.25) is 10.0 Å². The highest BCUT2D eigenvalue weighted by Gasteiger charge is 2.23. The predicted molar refractivity (Wildman–Crippen MR) is 59.7 cm³/mol. The van der Waals surface area contributed by atoms with Crippen LogP contribution >= 0.6 is 23.2 Å². The van der Waals surface area contributed by atoms with Crippen molar-refractivity contribution >= 4 is 29.2 Å². The summed E-state index contributed by atoms with van der Waals surface area (Å²) >= 11 is 11.3. The molecule has 4 nitrogen and oxygen atoms in total. The number of hydrogen-bond acceptors (Lipinski definition) is 4. The third-order valence-electron chi connectivity index (χ3n) is 1.87. The number of esters is 1. The molecule has 0 bridgehead atoms. The Morgan fingerprint density at radius 3 is 2.56 bits per heavy atom. The van der Waals surface area contributed by atoms with E-state index in [-0.39, 0.29) is 28.0 Å². The van der Waals surface area contributed by atoms with Crippen molar-refractivity contribution in [3.63, 3.8) is 0 Å². The Labute approximate surface area is 102 Å². The first kappa shape index (κ1) is 13.1. The number of halogens is 2. The van der Waals surface area contributed by atoms with Crippen molar-refractivity contribution in [2.75, 3.05) is 6.61 Å². The molecule has 0 heterocycles. The lowest BCUT2D eigenvalue weighted by molar-refractivity contribution is -0.153. The lowest BCUT2D eigenvalue weighted by Crippen LogP contribution is -2.15. The van der Waals surface area contributed by atoms with Crippen molar-refractivity contribution < 1.29 is 19.7 Å². The summed E-state index contributed by atoms with van der Waals surface area (Å²) in [5.74, 6) is -1.16. The molecule has 6 heteroatoms. The van der Waals surface area contributed by atoms with Crippen LogP contribution < -0.4 is 0 Å². The fourth-order valence-electron chi connectivity index (χ4n) is 1.12. The van der Waals surface area contributed by atoms with E-state index in [2.05, 4.69) is 4.74 Å². The van der Waals surface area contributed by atoms with Crippen molar-refractivity contribution in [3.05, 3.63) is 27.7 Å². The Morgan fingerprint density at radius 1 is 1.44 bits per heavy atom. The van der Waals surface area contributed by atoms with E-state index in [1.807, 2.05) is 0 Å². The summed E-state index contributed by atoms with van der Waals surface area (Å²) in [4.78, 5) is 11.2. The lowest BCUT2D eigenvalue weighted by atomic mass is 10.1. The van der Waals surface area contributed by atoms with Gasteiger partial charge in [0.1, 0.15) is 5.75 Å². The largest absolute Gasteiger partial charge is 0.507 e. The van der Waals surface area contributed by atoms with Crippen LogP contribution in [0.5, 0.6) is 5.75 Å². The number of rotatable bonds is 3. The van der Waals surface area contributed by atoms with Crippen molar-refractivity contribution in [1.29, 1.82) is 0 Å². The van der Waals surface area contributed by atoms with Gasteiger partial charge in [-0.1, -0.05) is 23.2 Å². The number of ether oxygens (including phenoxy) is 1. The maximum absolute atomic E-state index is 11.2. The van der Waals surface area contributed by atoms with Gasteiger partial charge in [-0.2, -0.15) is 0 Å². The SMILES string of the molecule is CCOC(=O)C(O)c1cc(Cl)c(Cl)cc1O. The van der Waals surface area contributed by atoms with Gasteiger partial charge in [0.15, 0.2) is 6.10 Å². The second kappa shape index (κ2) is 5.39. The molecule has 0 fully saturated rings. The molecular weight excluding hydrogens is 255 g/mol. The summed E-state index contributed by atoms with van der Waals surface area (Å²) in [6, 6.07) is 2.38. The minimum absolute atomic E-state index is 0.0344. The van der Waals surface area contributed by atoms with Crippen LogP contribution in [0.1, 0.15) is 18.6 Å². The molecule has 2 N–H and O–H groups in total. The monoisotopic (exact) mass is 264 g/mol. The van der Waals surface area contributed by atoms with E-state index in [1.54, 1.807) is 6.92 Å². The molecule has 1 rings (SSSR count). The number of aliphatic hydroxyl groups excluding tert-OH is 1. The molecule has 0 saturated heterocycles. The van der Waals surface area contributed by atoms with Crippen molar-refractivity contribution in [3.8, 4) is 5.75 Å². The first-order valence-electron chi connectivity index (χ1n) is 4.50. The molecule has 0 saturated carbocycles. The highest BCUT2D eigenvalue weighted by molar-refractivity contribution is 6.42. The second-order valence-electron chi connectivity index (χ2n) is 2.98. The molecule has 1 unspecified atom stereocenters. The van der Waals surface area contributed by atoms with Gasteiger partial charge in [0.05, 0.1) is 16.7 Å². The van der Waals surface area contributed by atoms with Crippen LogP contribution in [-0.2, 0) is 9.53 Å². The maximum atomic E-state index is 11.2. The van der Waals surface area contributed by atoms with E-state index in [9.17, 15) is 15.0 Å². The number of benzene rings is 1. The Balaban J connectivity index is 3.04. The van der Waals surface area contributed by atoms with Crippen LogP contribution in [0, 0.1) is 0 Å². The third-order valence-corrected chi connectivity index (χ3v) is 2.60. The van der Waals surface area contributed by atoms with Crippen molar-refractivity contribution in [1.82, 2.24) is 0 Å². The first-order valence-corrected chi connectivity index (χ1v) is 5.25. The van der Waals surface area contributed by atoms with Crippen LogP contribution in [0.25, 0.3) is 0 Å². The third kappa shape index (κ3) is 2.78. The van der Waals surface area contributed by atoms with Gasteiger partial charge in [0.25, 0.3) is 0 Å². The van der Waals surface area contributed by atoms with Gasteiger partial charge in [0.2, 0.25) is 0 Å². The number of phenols is 1. The van der Waals surface area contributed by atoms with E-state index in [4.69, 9.17) is 23.2 Å². The Kier molecular flexibility index (Phi) is 4.41. The number of carbonyl (C=O) groups is 1. The molecule has 0 amide bonds. The zero-order chi connectivity index (χ0) is 12.3. The Hall–Kier alpha value is -0.970. The summed E-state index contributed by atoms with van der Waals surface area (Å²) in [5.41, 5.74) is -0.0344. The molecular formula is C10H10Cl2O4. The van der Waals surface area contributed by atoms with Gasteiger partial charge in [-0.25, -0.2) is 4.79 Å². The van der Waals surface area contributed by atoms with E-state index >= 15 is 0 Å². The van der Waals surface area contributed by atoms with Gasteiger partial charge in [-0.3, -0.25) is 0 Å². The van der Waals surface area contributed by atoms with E-state index in [0.29, 0.717) is 0 Å². The topological polar surface area (TPSA) is 66.8 Å². The van der Waals surface area contributed by atoms with Crippen molar-refractivity contribution in [2.45, 2.75) is 13.0 Å². The maximum Gasteiger partial charge on any atom is 0.339 e. The molecule has 0 aromatic heterocycles. The molecule has 1 atom stereocenters. The fraction of sp³-hybridized carbons (Fsp3) is 0.300. The van der Waals surface area contributed by atoms with E-state index in [0.717, 1.165) is 6.07 Å². The highest BCUT2D eigenvalue weighted by Crippen LogP contribution is 2.33. The number of aliphatic hydroxyl groups is 1. The van der Waals surface area contributed by atoms with Gasteiger partial charge < -0.3 is 14.9 Å². The van der Waals surface area contributed by atoms with Crippen LogP contribution in [0.4, 0.5) is 0 Å². The first-order chi connectivity index (χ1) is 7.47. The van der Waals surface area contributed by atoms with Crippen LogP contribution in [0.3, 0.4) is 0 Å². The molecule has 0 aliphatic rings. The summed E-state index contributed by atoms with van der Waals surface area (Å²) in [6.45, 7) is 1.75. The molecule has 1 aromatic carbocycles. The molecule has 0 spiro atoms. The Bertz CT molecular complexity index is 406. The summed E-state index contributed by atoms with van der Waals surface area (Å²) < 4.78 is 4.61. The average molecular weight is 265 g/mol. The minimum atomic E-state index is -1.57. The standard InChI is InChI=1S/C10H10Cl2O4/c1-2-16-10(15)9(14)5-3-6(11)7(12)4-8(5)13/h3-4,9,13-14H,2H2,1H3. The smallest absolute Gasteiger partial charge is 0.339 e. The predicted octanol–water partition coefficient (Wildman–Crippen LogP) is 2.30. The molecule has 0 aliphatic heterocycles. The van der Waals surface area contributed by atoms with Gasteiger partial charge in [-0.15, -0.1) is 0 Å². The molecule has 0 aliphatic carbocycles. The summed E-state index contributed by atoms with van der Waals surface area (Å²) in [6.07, 6.45) is -1.57. The Morgan fingerprint density at radius 2 is 2.00 bits per heavy atom. The zero-order valence-corrected chi connectivity index (χ0v) is 9.92. The lowest BCUT2D eigenvalue weighted by Gasteiger charge is -2.12. The molecule has 1 aromatic rings. The van der Waals surface area contributed by atoms with Crippen molar-refractivity contribution in [2.24, 2.45) is 0 Å². The second-order valence-corrected chi connectivity index (χ2v) is 3.79. The van der Waals surface area contributed by atoms with Gasteiger partial charge >= 0.3 is 5.97 Å². The zero-order valence-electron chi connectivity index (χ0n) is 8.41. The van der Waals surface area contributed by atoms with E-state index in [1.165, 1.54) is 6.07 Å². The highest BCUT2D eigenvalue weighted by atomic mass is 35.5. The summed E-state index contributed by atoms with van der Waals surface area (Å²) in [7, 11) is 0. The van der Waals surface area contributed by atoms with E-state index < -0.39 is 12.1 Å². The normalized spacial score (nSPS) is 12.2. The minimum Gasteiger partial charge on any atom is -0.507 e.